The molecule has 3 aromatic rings. The van der Waals surface area contributed by atoms with E-state index in [-0.39, 0.29) is 12.5 Å². The van der Waals surface area contributed by atoms with Gasteiger partial charge in [-0.25, -0.2) is 13.8 Å². The van der Waals surface area contributed by atoms with Crippen molar-refractivity contribution in [1.29, 1.82) is 0 Å². The smallest absolute Gasteiger partial charge is 0.257 e. The SMILES string of the molecule is COCCO.Cc1cc(C(=O)Nc2c[nH]c3cc(F)c(F)cc23)cnc1N1CCCC1. The van der Waals surface area contributed by atoms with Gasteiger partial charge in [-0.05, 0) is 37.5 Å². The first-order chi connectivity index (χ1) is 14.9. The van der Waals surface area contributed by atoms with E-state index in [0.29, 0.717) is 28.8 Å². The van der Waals surface area contributed by atoms with Crippen LogP contribution in [-0.2, 0) is 4.74 Å². The minimum absolute atomic E-state index is 0.122. The van der Waals surface area contributed by atoms with Gasteiger partial charge in [-0.15, -0.1) is 0 Å². The first kappa shape index (κ1) is 22.6. The molecule has 9 heteroatoms. The van der Waals surface area contributed by atoms with Crippen LogP contribution >= 0.6 is 0 Å². The second-order valence-corrected chi connectivity index (χ2v) is 7.24. The molecule has 0 spiro atoms. The lowest BCUT2D eigenvalue weighted by atomic mass is 10.1. The van der Waals surface area contributed by atoms with Crippen molar-refractivity contribution < 1.29 is 23.4 Å². The number of anilines is 2. The third kappa shape index (κ3) is 5.36. The van der Waals surface area contributed by atoms with E-state index in [1.165, 1.54) is 6.20 Å². The highest BCUT2D eigenvalue weighted by atomic mass is 19.2. The third-order valence-electron chi connectivity index (χ3n) is 4.98. The number of ether oxygens (including phenoxy) is 1. The fraction of sp³-hybridized carbons (Fsp3) is 0.364. The average molecular weight is 432 g/mol. The number of aryl methyl sites for hydroxylation is 1. The molecule has 0 atom stereocenters. The summed E-state index contributed by atoms with van der Waals surface area (Å²) in [6.45, 7) is 4.46. The number of aromatic amines is 1. The molecule has 1 fully saturated rings. The molecule has 0 saturated carbocycles. The molecule has 7 nitrogen and oxygen atoms in total. The Kier molecular flexibility index (Phi) is 7.54. The zero-order valence-electron chi connectivity index (χ0n) is 17.5. The Morgan fingerprint density at radius 3 is 2.58 bits per heavy atom. The van der Waals surface area contributed by atoms with E-state index >= 15 is 0 Å². The highest BCUT2D eigenvalue weighted by molar-refractivity contribution is 6.09. The van der Waals surface area contributed by atoms with E-state index in [1.807, 2.05) is 6.92 Å². The van der Waals surface area contributed by atoms with Crippen molar-refractivity contribution in [2.75, 3.05) is 43.6 Å². The number of pyridine rings is 1. The number of halogens is 2. The van der Waals surface area contributed by atoms with Crippen molar-refractivity contribution >= 4 is 28.3 Å². The summed E-state index contributed by atoms with van der Waals surface area (Å²) >= 11 is 0. The number of aliphatic hydroxyl groups is 1. The van der Waals surface area contributed by atoms with E-state index in [9.17, 15) is 13.6 Å². The number of rotatable bonds is 5. The second-order valence-electron chi connectivity index (χ2n) is 7.24. The quantitative estimate of drug-likeness (QED) is 0.573. The second kappa shape index (κ2) is 10.3. The van der Waals surface area contributed by atoms with Crippen LogP contribution in [0.25, 0.3) is 10.9 Å². The first-order valence-corrected chi connectivity index (χ1v) is 10.0. The van der Waals surface area contributed by atoms with Crippen LogP contribution in [-0.4, -0.2) is 54.4 Å². The Balaban J connectivity index is 0.000000491. The summed E-state index contributed by atoms with van der Waals surface area (Å²) in [5.74, 6) is -1.34. The van der Waals surface area contributed by atoms with Crippen molar-refractivity contribution in [1.82, 2.24) is 9.97 Å². The highest BCUT2D eigenvalue weighted by Gasteiger charge is 2.18. The number of methoxy groups -OCH3 is 1. The van der Waals surface area contributed by atoms with Gasteiger partial charge in [0.2, 0.25) is 0 Å². The van der Waals surface area contributed by atoms with E-state index < -0.39 is 11.6 Å². The number of aromatic nitrogens is 2. The van der Waals surface area contributed by atoms with Crippen LogP contribution < -0.4 is 10.2 Å². The molecule has 1 aromatic carbocycles. The summed E-state index contributed by atoms with van der Waals surface area (Å²) < 4.78 is 31.2. The predicted octanol–water partition coefficient (Wildman–Crippen LogP) is 3.63. The van der Waals surface area contributed by atoms with Gasteiger partial charge in [-0.3, -0.25) is 4.79 Å². The molecule has 0 radical (unpaired) electrons. The van der Waals surface area contributed by atoms with Gasteiger partial charge in [0.05, 0.1) is 30.0 Å². The van der Waals surface area contributed by atoms with Crippen molar-refractivity contribution in [2.24, 2.45) is 0 Å². The minimum Gasteiger partial charge on any atom is -0.394 e. The molecule has 2 aromatic heterocycles. The van der Waals surface area contributed by atoms with Crippen LogP contribution in [0, 0.1) is 18.6 Å². The van der Waals surface area contributed by atoms with Gasteiger partial charge in [0.1, 0.15) is 5.82 Å². The summed E-state index contributed by atoms with van der Waals surface area (Å²) in [5.41, 5.74) is 2.16. The Labute approximate surface area is 179 Å². The van der Waals surface area contributed by atoms with Gasteiger partial charge in [0.25, 0.3) is 5.91 Å². The number of benzene rings is 1. The molecule has 1 saturated heterocycles. The molecular formula is C22H26F2N4O3. The van der Waals surface area contributed by atoms with E-state index in [2.05, 4.69) is 24.9 Å². The van der Waals surface area contributed by atoms with Crippen molar-refractivity contribution in [3.63, 3.8) is 0 Å². The number of hydrogen-bond acceptors (Lipinski definition) is 5. The average Bonchev–Trinajstić information content (AvgIpc) is 3.40. The summed E-state index contributed by atoms with van der Waals surface area (Å²) in [5, 5.41) is 11.1. The van der Waals surface area contributed by atoms with Crippen molar-refractivity contribution in [3.05, 3.63) is 53.4 Å². The zero-order valence-corrected chi connectivity index (χ0v) is 17.5. The number of fused-ring (bicyclic) bond motifs is 1. The molecule has 4 rings (SSSR count). The lowest BCUT2D eigenvalue weighted by molar-refractivity contribution is 0.102. The normalized spacial score (nSPS) is 13.3. The van der Waals surface area contributed by atoms with Gasteiger partial charge in [0, 0.05) is 44.0 Å². The molecule has 3 heterocycles. The molecule has 1 aliphatic rings. The van der Waals surface area contributed by atoms with E-state index in [4.69, 9.17) is 5.11 Å². The monoisotopic (exact) mass is 432 g/mol. The highest BCUT2D eigenvalue weighted by Crippen LogP contribution is 2.27. The maximum absolute atomic E-state index is 13.5. The van der Waals surface area contributed by atoms with Crippen LogP contribution in [0.3, 0.4) is 0 Å². The van der Waals surface area contributed by atoms with Gasteiger partial charge >= 0.3 is 0 Å². The third-order valence-corrected chi connectivity index (χ3v) is 4.98. The first-order valence-electron chi connectivity index (χ1n) is 10.0. The van der Waals surface area contributed by atoms with Crippen molar-refractivity contribution in [2.45, 2.75) is 19.8 Å². The van der Waals surface area contributed by atoms with Crippen LogP contribution in [0.4, 0.5) is 20.3 Å². The Morgan fingerprint density at radius 1 is 1.26 bits per heavy atom. The zero-order chi connectivity index (χ0) is 22.4. The summed E-state index contributed by atoms with van der Waals surface area (Å²) in [7, 11) is 1.55. The fourth-order valence-electron chi connectivity index (χ4n) is 3.46. The number of H-pyrrole nitrogens is 1. The number of hydrogen-bond donors (Lipinski definition) is 3. The largest absolute Gasteiger partial charge is 0.394 e. The lowest BCUT2D eigenvalue weighted by Gasteiger charge is -2.19. The molecule has 3 N–H and O–H groups in total. The topological polar surface area (TPSA) is 90.5 Å². The van der Waals surface area contributed by atoms with E-state index in [0.717, 1.165) is 49.4 Å². The standard InChI is InChI=1S/C19H18F2N4O.C3H8O2/c1-11-6-12(9-23-18(11)25-4-2-3-5-25)19(26)24-17-10-22-16-8-15(21)14(20)7-13(16)17;1-5-3-2-4/h6-10,22H,2-5H2,1H3,(H,24,26);4H,2-3H2,1H3. The van der Waals surface area contributed by atoms with Crippen LogP contribution in [0.15, 0.2) is 30.6 Å². The molecule has 1 amide bonds. The molecule has 0 aliphatic carbocycles. The molecule has 31 heavy (non-hydrogen) atoms. The number of nitrogens with one attached hydrogen (secondary N) is 2. The molecule has 166 valence electrons. The number of carbonyl (C=O) groups is 1. The number of nitrogens with zero attached hydrogens (tertiary/aromatic N) is 2. The Bertz CT molecular complexity index is 1050. The molecule has 0 unspecified atom stereocenters. The van der Waals surface area contributed by atoms with Crippen LogP contribution in [0.1, 0.15) is 28.8 Å². The summed E-state index contributed by atoms with van der Waals surface area (Å²) in [6.07, 6.45) is 5.37. The van der Waals surface area contributed by atoms with Gasteiger partial charge in [-0.1, -0.05) is 0 Å². The number of amides is 1. The molecule has 1 aliphatic heterocycles. The molecular weight excluding hydrogens is 406 g/mol. The van der Waals surface area contributed by atoms with Gasteiger partial charge in [-0.2, -0.15) is 0 Å². The minimum atomic E-state index is -0.958. The fourth-order valence-corrected chi connectivity index (χ4v) is 3.46. The Morgan fingerprint density at radius 2 is 1.97 bits per heavy atom. The maximum Gasteiger partial charge on any atom is 0.257 e. The Hall–Kier alpha value is -3.04. The maximum atomic E-state index is 13.5. The van der Waals surface area contributed by atoms with Crippen LogP contribution in [0.5, 0.6) is 0 Å². The van der Waals surface area contributed by atoms with Gasteiger partial charge < -0.3 is 25.0 Å². The lowest BCUT2D eigenvalue weighted by Crippen LogP contribution is -2.21. The molecule has 0 bridgehead atoms. The predicted molar refractivity (Wildman–Crippen MR) is 116 cm³/mol. The number of aliphatic hydroxyl groups excluding tert-OH is 1. The van der Waals surface area contributed by atoms with E-state index in [1.54, 1.807) is 19.4 Å². The summed E-state index contributed by atoms with van der Waals surface area (Å²) in [4.78, 5) is 22.0. The van der Waals surface area contributed by atoms with Gasteiger partial charge in [0.15, 0.2) is 11.6 Å². The summed E-state index contributed by atoms with van der Waals surface area (Å²) in [6, 6.07) is 3.93. The van der Waals surface area contributed by atoms with Crippen molar-refractivity contribution in [3.8, 4) is 0 Å². The van der Waals surface area contributed by atoms with Crippen LogP contribution in [0.2, 0.25) is 0 Å². The number of carbonyl (C=O) groups excluding carboxylic acids is 1.